The highest BCUT2D eigenvalue weighted by Gasteiger charge is 2.27. The Hall–Kier alpha value is -1.35. The summed E-state index contributed by atoms with van der Waals surface area (Å²) in [6.45, 7) is 2.37. The molecule has 0 aliphatic rings. The Kier molecular flexibility index (Phi) is 5.21. The van der Waals surface area contributed by atoms with Gasteiger partial charge < -0.3 is 5.73 Å². The van der Waals surface area contributed by atoms with E-state index in [9.17, 15) is 26.0 Å². The molecule has 0 fully saturated rings. The van der Waals surface area contributed by atoms with Crippen LogP contribution in [-0.4, -0.2) is 21.1 Å². The largest absolute Gasteiger partial charge is 0.396 e. The standard InChI is InChI=1S/C12H16F4N2O2S/c1-7-6-9(13)10(17)8(2)11(7)21(19,20)18-5-3-4-12(14,15)16/h6,18H,3-5,17H2,1-2H3. The minimum Gasteiger partial charge on any atom is -0.396 e. The Morgan fingerprint density at radius 3 is 2.38 bits per heavy atom. The van der Waals surface area contributed by atoms with Crippen LogP contribution in [0.1, 0.15) is 24.0 Å². The van der Waals surface area contributed by atoms with Gasteiger partial charge in [-0.2, -0.15) is 13.2 Å². The number of anilines is 1. The zero-order valence-electron chi connectivity index (χ0n) is 11.5. The Morgan fingerprint density at radius 1 is 1.29 bits per heavy atom. The molecule has 0 saturated carbocycles. The summed E-state index contributed by atoms with van der Waals surface area (Å²) in [6, 6.07) is 0.979. The Labute approximate surface area is 120 Å². The van der Waals surface area contributed by atoms with Crippen molar-refractivity contribution >= 4 is 15.7 Å². The van der Waals surface area contributed by atoms with E-state index in [1.807, 2.05) is 0 Å². The van der Waals surface area contributed by atoms with Gasteiger partial charge in [0.05, 0.1) is 10.6 Å². The lowest BCUT2D eigenvalue weighted by Crippen LogP contribution is -2.27. The van der Waals surface area contributed by atoms with Gasteiger partial charge in [0.25, 0.3) is 0 Å². The zero-order chi connectivity index (χ0) is 16.4. The van der Waals surface area contributed by atoms with E-state index in [1.54, 1.807) is 0 Å². The Bertz CT molecular complexity index is 627. The van der Waals surface area contributed by atoms with E-state index in [2.05, 4.69) is 4.72 Å². The van der Waals surface area contributed by atoms with Gasteiger partial charge in [-0.3, -0.25) is 0 Å². The van der Waals surface area contributed by atoms with Gasteiger partial charge in [-0.25, -0.2) is 17.5 Å². The smallest absolute Gasteiger partial charge is 0.389 e. The number of alkyl halides is 3. The van der Waals surface area contributed by atoms with Gasteiger partial charge >= 0.3 is 6.18 Å². The van der Waals surface area contributed by atoms with Crippen LogP contribution in [0.5, 0.6) is 0 Å². The fourth-order valence-electron chi connectivity index (χ4n) is 1.91. The second-order valence-electron chi connectivity index (χ2n) is 4.66. The number of hydrogen-bond donors (Lipinski definition) is 2. The van der Waals surface area contributed by atoms with Crippen molar-refractivity contribution in [1.29, 1.82) is 0 Å². The number of nitrogens with two attached hydrogens (primary N) is 1. The molecular weight excluding hydrogens is 312 g/mol. The molecule has 0 aliphatic heterocycles. The second kappa shape index (κ2) is 6.18. The maximum Gasteiger partial charge on any atom is 0.389 e. The molecule has 0 amide bonds. The third-order valence-corrected chi connectivity index (χ3v) is 4.65. The normalized spacial score (nSPS) is 12.7. The van der Waals surface area contributed by atoms with E-state index in [0.29, 0.717) is 0 Å². The quantitative estimate of drug-likeness (QED) is 0.496. The lowest BCUT2D eigenvalue weighted by molar-refractivity contribution is -0.135. The average molecular weight is 328 g/mol. The molecular formula is C12H16F4N2O2S. The summed E-state index contributed by atoms with van der Waals surface area (Å²) < 4.78 is 75.6. The van der Waals surface area contributed by atoms with Gasteiger partial charge in [-0.15, -0.1) is 0 Å². The molecule has 0 spiro atoms. The molecule has 0 aromatic heterocycles. The highest BCUT2D eigenvalue weighted by molar-refractivity contribution is 7.89. The lowest BCUT2D eigenvalue weighted by atomic mass is 10.1. The first-order chi connectivity index (χ1) is 9.46. The summed E-state index contributed by atoms with van der Waals surface area (Å²) in [5.74, 6) is -0.735. The summed E-state index contributed by atoms with van der Waals surface area (Å²) in [7, 11) is -4.04. The molecule has 1 rings (SSSR count). The topological polar surface area (TPSA) is 72.2 Å². The summed E-state index contributed by atoms with van der Waals surface area (Å²) in [6.07, 6.45) is -5.80. The Morgan fingerprint density at radius 2 is 1.86 bits per heavy atom. The molecule has 0 aliphatic carbocycles. The predicted octanol–water partition coefficient (Wildman–Crippen LogP) is 2.65. The summed E-state index contributed by atoms with van der Waals surface area (Å²) in [5.41, 5.74) is 5.33. The van der Waals surface area contributed by atoms with Crippen molar-refractivity contribution in [2.45, 2.75) is 37.8 Å². The molecule has 0 unspecified atom stereocenters. The van der Waals surface area contributed by atoms with E-state index >= 15 is 0 Å². The van der Waals surface area contributed by atoms with Crippen LogP contribution >= 0.6 is 0 Å². The zero-order valence-corrected chi connectivity index (χ0v) is 12.3. The highest BCUT2D eigenvalue weighted by atomic mass is 32.2. The van der Waals surface area contributed by atoms with Gasteiger partial charge in [-0.05, 0) is 37.5 Å². The molecule has 0 saturated heterocycles. The van der Waals surface area contributed by atoms with Crippen LogP contribution in [0.15, 0.2) is 11.0 Å². The number of nitrogen functional groups attached to an aromatic ring is 1. The predicted molar refractivity (Wildman–Crippen MR) is 70.8 cm³/mol. The van der Waals surface area contributed by atoms with Crippen LogP contribution in [0.3, 0.4) is 0 Å². The Balaban J connectivity index is 2.92. The first-order valence-corrected chi connectivity index (χ1v) is 7.55. The molecule has 1 aromatic rings. The number of nitrogens with one attached hydrogen (secondary N) is 1. The van der Waals surface area contributed by atoms with Gasteiger partial charge in [0, 0.05) is 13.0 Å². The molecule has 1 aromatic carbocycles. The number of rotatable bonds is 5. The van der Waals surface area contributed by atoms with E-state index in [1.165, 1.54) is 13.8 Å². The second-order valence-corrected chi connectivity index (χ2v) is 6.36. The SMILES string of the molecule is Cc1cc(F)c(N)c(C)c1S(=O)(=O)NCCCC(F)(F)F. The van der Waals surface area contributed by atoms with Gasteiger partial charge in [0.1, 0.15) is 5.82 Å². The van der Waals surface area contributed by atoms with E-state index in [4.69, 9.17) is 5.73 Å². The van der Waals surface area contributed by atoms with E-state index < -0.39 is 28.4 Å². The summed E-state index contributed by atoms with van der Waals surface area (Å²) in [4.78, 5) is -0.201. The van der Waals surface area contributed by atoms with Crippen LogP contribution in [0, 0.1) is 19.7 Å². The molecule has 0 atom stereocenters. The van der Waals surface area contributed by atoms with E-state index in [0.717, 1.165) is 6.07 Å². The van der Waals surface area contributed by atoms with Gasteiger partial charge in [0.15, 0.2) is 0 Å². The van der Waals surface area contributed by atoms with Crippen LogP contribution in [0.4, 0.5) is 23.2 Å². The van der Waals surface area contributed by atoms with Crippen molar-refractivity contribution in [3.8, 4) is 0 Å². The molecule has 21 heavy (non-hydrogen) atoms. The molecule has 120 valence electrons. The minimum absolute atomic E-state index is 0.0378. The molecule has 3 N–H and O–H groups in total. The van der Waals surface area contributed by atoms with Crippen molar-refractivity contribution in [2.75, 3.05) is 12.3 Å². The number of halogens is 4. The highest BCUT2D eigenvalue weighted by Crippen LogP contribution is 2.27. The third kappa shape index (κ3) is 4.57. The van der Waals surface area contributed by atoms with Gasteiger partial charge in [-0.1, -0.05) is 0 Å². The molecule has 9 heteroatoms. The molecule has 0 bridgehead atoms. The summed E-state index contributed by atoms with van der Waals surface area (Å²) in [5, 5.41) is 0. The van der Waals surface area contributed by atoms with Crippen molar-refractivity contribution in [2.24, 2.45) is 0 Å². The number of aryl methyl sites for hydroxylation is 1. The van der Waals surface area contributed by atoms with Gasteiger partial charge in [0.2, 0.25) is 10.0 Å². The van der Waals surface area contributed by atoms with Crippen LogP contribution in [-0.2, 0) is 10.0 Å². The average Bonchev–Trinajstić information content (AvgIpc) is 2.30. The number of benzene rings is 1. The maximum absolute atomic E-state index is 13.4. The lowest BCUT2D eigenvalue weighted by Gasteiger charge is -2.14. The van der Waals surface area contributed by atoms with Crippen LogP contribution < -0.4 is 10.5 Å². The monoisotopic (exact) mass is 328 g/mol. The number of sulfonamides is 1. The van der Waals surface area contributed by atoms with Crippen LogP contribution in [0.2, 0.25) is 0 Å². The van der Waals surface area contributed by atoms with Crippen molar-refractivity contribution in [3.63, 3.8) is 0 Å². The first-order valence-electron chi connectivity index (χ1n) is 6.07. The fraction of sp³-hybridized carbons (Fsp3) is 0.500. The maximum atomic E-state index is 13.4. The summed E-state index contributed by atoms with van der Waals surface area (Å²) >= 11 is 0. The van der Waals surface area contributed by atoms with Crippen LogP contribution in [0.25, 0.3) is 0 Å². The molecule has 0 heterocycles. The molecule has 4 nitrogen and oxygen atoms in total. The van der Waals surface area contributed by atoms with Crippen molar-refractivity contribution in [3.05, 3.63) is 23.0 Å². The minimum atomic E-state index is -4.34. The number of hydrogen-bond acceptors (Lipinski definition) is 3. The third-order valence-electron chi connectivity index (χ3n) is 2.90. The first kappa shape index (κ1) is 17.7. The fourth-order valence-corrected chi connectivity index (χ4v) is 3.46. The van der Waals surface area contributed by atoms with E-state index in [-0.39, 0.29) is 34.7 Å². The van der Waals surface area contributed by atoms with Crippen molar-refractivity contribution in [1.82, 2.24) is 4.72 Å². The van der Waals surface area contributed by atoms with Crippen molar-refractivity contribution < 1.29 is 26.0 Å². The molecule has 0 radical (unpaired) electrons.